The fourth-order valence-corrected chi connectivity index (χ4v) is 1.75. The van der Waals surface area contributed by atoms with Crippen molar-refractivity contribution < 1.29 is 4.79 Å². The summed E-state index contributed by atoms with van der Waals surface area (Å²) in [4.78, 5) is 11.3. The summed E-state index contributed by atoms with van der Waals surface area (Å²) in [7, 11) is 0. The molecule has 0 aromatic carbocycles. The van der Waals surface area contributed by atoms with Gasteiger partial charge >= 0.3 is 0 Å². The molecule has 0 N–H and O–H groups in total. The van der Waals surface area contributed by atoms with Gasteiger partial charge < -0.3 is 0 Å². The first-order valence-electron chi connectivity index (χ1n) is 4.58. The van der Waals surface area contributed by atoms with Gasteiger partial charge in [0.05, 0.1) is 0 Å². The van der Waals surface area contributed by atoms with E-state index >= 15 is 0 Å². The Morgan fingerprint density at radius 2 is 2.25 bits per heavy atom. The van der Waals surface area contributed by atoms with Crippen LogP contribution in [0.4, 0.5) is 0 Å². The highest BCUT2D eigenvalue weighted by Crippen LogP contribution is 2.23. The summed E-state index contributed by atoms with van der Waals surface area (Å²) in [6.07, 6.45) is 9.01. The van der Waals surface area contributed by atoms with Gasteiger partial charge in [-0.3, -0.25) is 4.79 Å². The molecule has 1 aliphatic carbocycles. The third kappa shape index (κ3) is 2.98. The van der Waals surface area contributed by atoms with E-state index in [1.165, 1.54) is 6.42 Å². The van der Waals surface area contributed by atoms with Crippen molar-refractivity contribution in [3.8, 4) is 0 Å². The number of rotatable bonds is 3. The Bertz CT molecular complexity index is 175. The third-order valence-electron chi connectivity index (χ3n) is 2.36. The Labute approximate surface area is 78.8 Å². The lowest BCUT2D eigenvalue weighted by atomic mass is 9.86. The van der Waals surface area contributed by atoms with Crippen LogP contribution in [0.15, 0.2) is 12.2 Å². The maximum Gasteiger partial charge on any atom is 0.136 e. The predicted molar refractivity (Wildman–Crippen MR) is 51.4 cm³/mol. The van der Waals surface area contributed by atoms with Gasteiger partial charge in [-0.1, -0.05) is 18.6 Å². The Morgan fingerprint density at radius 3 is 2.92 bits per heavy atom. The molecule has 0 heterocycles. The molecule has 0 radical (unpaired) electrons. The Hall–Kier alpha value is -0.300. The Morgan fingerprint density at radius 1 is 1.42 bits per heavy atom. The number of allylic oxidation sites excluding steroid dienone is 2. The Balaban J connectivity index is 2.29. The minimum absolute atomic E-state index is 0.290. The van der Waals surface area contributed by atoms with Crippen LogP contribution in [0.3, 0.4) is 0 Å². The van der Waals surface area contributed by atoms with Gasteiger partial charge in [-0.25, -0.2) is 0 Å². The smallest absolute Gasteiger partial charge is 0.136 e. The van der Waals surface area contributed by atoms with Crippen LogP contribution < -0.4 is 0 Å². The zero-order chi connectivity index (χ0) is 8.81. The fraction of sp³-hybridized carbons (Fsp3) is 0.700. The third-order valence-corrected chi connectivity index (χ3v) is 2.54. The van der Waals surface area contributed by atoms with E-state index in [4.69, 9.17) is 11.6 Å². The molecule has 0 aromatic heterocycles. The van der Waals surface area contributed by atoms with Crippen molar-refractivity contribution >= 4 is 17.4 Å². The van der Waals surface area contributed by atoms with Gasteiger partial charge in [-0.2, -0.15) is 0 Å². The van der Waals surface area contributed by atoms with Crippen LogP contribution in [0.1, 0.15) is 32.1 Å². The van der Waals surface area contributed by atoms with E-state index in [1.54, 1.807) is 0 Å². The van der Waals surface area contributed by atoms with E-state index in [2.05, 4.69) is 0 Å². The summed E-state index contributed by atoms with van der Waals surface area (Å²) in [6, 6.07) is 0. The molecule has 0 spiro atoms. The summed E-state index contributed by atoms with van der Waals surface area (Å²) in [5, 5.41) is 0. The molecule has 1 saturated carbocycles. The van der Waals surface area contributed by atoms with Crippen LogP contribution in [0, 0.1) is 5.92 Å². The second-order valence-corrected chi connectivity index (χ2v) is 3.58. The van der Waals surface area contributed by atoms with Gasteiger partial charge in [-0.05, 0) is 19.3 Å². The van der Waals surface area contributed by atoms with Gasteiger partial charge in [0.15, 0.2) is 0 Å². The fourth-order valence-electron chi connectivity index (χ4n) is 1.63. The zero-order valence-electron chi connectivity index (χ0n) is 7.26. The lowest BCUT2D eigenvalue weighted by Crippen LogP contribution is -2.17. The highest BCUT2D eigenvalue weighted by Gasteiger charge is 2.20. The van der Waals surface area contributed by atoms with Crippen molar-refractivity contribution in [2.45, 2.75) is 32.1 Å². The van der Waals surface area contributed by atoms with Crippen molar-refractivity contribution in [2.75, 3.05) is 5.88 Å². The summed E-state index contributed by atoms with van der Waals surface area (Å²) in [6.45, 7) is 0. The molecule has 0 bridgehead atoms. The maximum atomic E-state index is 11.3. The second kappa shape index (κ2) is 5.36. The SMILES string of the molecule is O=C1CCCCC1CC=CCCl. The van der Waals surface area contributed by atoms with E-state index in [9.17, 15) is 4.79 Å². The lowest BCUT2D eigenvalue weighted by Gasteiger charge is -2.18. The number of alkyl halides is 1. The van der Waals surface area contributed by atoms with E-state index in [1.807, 2.05) is 12.2 Å². The van der Waals surface area contributed by atoms with Crippen LogP contribution >= 0.6 is 11.6 Å². The summed E-state index contributed by atoms with van der Waals surface area (Å²) >= 11 is 5.48. The van der Waals surface area contributed by atoms with Gasteiger partial charge in [0.2, 0.25) is 0 Å². The highest BCUT2D eigenvalue weighted by atomic mass is 35.5. The molecule has 0 amide bonds. The molecule has 1 fully saturated rings. The number of Topliss-reactive ketones (excluding diaryl/α,β-unsaturated/α-hetero) is 1. The van der Waals surface area contributed by atoms with Gasteiger partial charge in [0.1, 0.15) is 5.78 Å². The minimum atomic E-state index is 0.290. The quantitative estimate of drug-likeness (QED) is 0.489. The molecule has 1 rings (SSSR count). The average Bonchev–Trinajstić information content (AvgIpc) is 2.09. The normalized spacial score (nSPS) is 25.1. The van der Waals surface area contributed by atoms with Crippen LogP contribution in [-0.2, 0) is 4.79 Å². The highest BCUT2D eigenvalue weighted by molar-refractivity contribution is 6.18. The Kier molecular flexibility index (Phi) is 4.37. The molecular formula is C10H15ClO. The molecule has 12 heavy (non-hydrogen) atoms. The first-order chi connectivity index (χ1) is 5.84. The lowest BCUT2D eigenvalue weighted by molar-refractivity contribution is -0.124. The predicted octanol–water partition coefficient (Wildman–Crippen LogP) is 2.93. The van der Waals surface area contributed by atoms with E-state index in [0.717, 1.165) is 25.7 Å². The number of hydrogen-bond donors (Lipinski definition) is 0. The molecule has 0 aromatic rings. The van der Waals surface area contributed by atoms with Crippen molar-refractivity contribution in [3.05, 3.63) is 12.2 Å². The maximum absolute atomic E-state index is 11.3. The van der Waals surface area contributed by atoms with E-state index in [0.29, 0.717) is 17.6 Å². The largest absolute Gasteiger partial charge is 0.299 e. The monoisotopic (exact) mass is 186 g/mol. The molecule has 0 aliphatic heterocycles. The van der Waals surface area contributed by atoms with Crippen molar-refractivity contribution in [1.82, 2.24) is 0 Å². The van der Waals surface area contributed by atoms with Gasteiger partial charge in [0, 0.05) is 18.2 Å². The molecule has 1 unspecified atom stereocenters. The van der Waals surface area contributed by atoms with Crippen LogP contribution in [0.25, 0.3) is 0 Å². The first kappa shape index (κ1) is 9.79. The average molecular weight is 187 g/mol. The van der Waals surface area contributed by atoms with Crippen LogP contribution in [-0.4, -0.2) is 11.7 Å². The number of carbonyl (C=O) groups excluding carboxylic acids is 1. The second-order valence-electron chi connectivity index (χ2n) is 3.27. The summed E-state index contributed by atoms with van der Waals surface area (Å²) < 4.78 is 0. The molecule has 1 nitrogen and oxygen atoms in total. The molecular weight excluding hydrogens is 172 g/mol. The standard InChI is InChI=1S/C10H15ClO/c11-8-4-3-6-9-5-1-2-7-10(9)12/h3-4,9H,1-2,5-8H2. The van der Waals surface area contributed by atoms with Gasteiger partial charge in [0.25, 0.3) is 0 Å². The summed E-state index contributed by atoms with van der Waals surface area (Å²) in [5.41, 5.74) is 0. The molecule has 1 aliphatic rings. The number of ketones is 1. The number of halogens is 1. The van der Waals surface area contributed by atoms with Crippen molar-refractivity contribution in [2.24, 2.45) is 5.92 Å². The number of carbonyl (C=O) groups is 1. The molecule has 0 saturated heterocycles. The van der Waals surface area contributed by atoms with Crippen LogP contribution in [0.5, 0.6) is 0 Å². The number of hydrogen-bond acceptors (Lipinski definition) is 1. The van der Waals surface area contributed by atoms with Gasteiger partial charge in [-0.15, -0.1) is 11.6 Å². The summed E-state index contributed by atoms with van der Waals surface area (Å²) in [5.74, 6) is 1.29. The molecule has 1 atom stereocenters. The van der Waals surface area contributed by atoms with Crippen molar-refractivity contribution in [3.63, 3.8) is 0 Å². The van der Waals surface area contributed by atoms with Crippen LogP contribution in [0.2, 0.25) is 0 Å². The van der Waals surface area contributed by atoms with E-state index in [-0.39, 0.29) is 0 Å². The topological polar surface area (TPSA) is 17.1 Å². The zero-order valence-corrected chi connectivity index (χ0v) is 8.02. The minimum Gasteiger partial charge on any atom is -0.299 e. The van der Waals surface area contributed by atoms with Crippen molar-refractivity contribution in [1.29, 1.82) is 0 Å². The van der Waals surface area contributed by atoms with E-state index < -0.39 is 0 Å². The first-order valence-corrected chi connectivity index (χ1v) is 5.11. The molecule has 68 valence electrons. The molecule has 2 heteroatoms.